The molecule has 112 valence electrons. The first kappa shape index (κ1) is 15.9. The normalized spacial score (nSPS) is 11.8. The van der Waals surface area contributed by atoms with Gasteiger partial charge in [-0.15, -0.1) is 0 Å². The number of hydrogen-bond donors (Lipinski definition) is 0. The first-order valence-corrected chi connectivity index (χ1v) is 8.93. The molecule has 3 nitrogen and oxygen atoms in total. The van der Waals surface area contributed by atoms with Crippen molar-refractivity contribution in [2.45, 2.75) is 12.0 Å². The van der Waals surface area contributed by atoms with Gasteiger partial charge in [-0.05, 0) is 11.1 Å². The molecular formula is C17H22O3Si. The minimum atomic E-state index is -2.65. The van der Waals surface area contributed by atoms with E-state index in [1.807, 2.05) is 12.1 Å². The van der Waals surface area contributed by atoms with Gasteiger partial charge in [0, 0.05) is 33.3 Å². The van der Waals surface area contributed by atoms with Gasteiger partial charge < -0.3 is 13.3 Å². The van der Waals surface area contributed by atoms with Gasteiger partial charge in [0.2, 0.25) is 0 Å². The monoisotopic (exact) mass is 302 g/mol. The molecule has 21 heavy (non-hydrogen) atoms. The second kappa shape index (κ2) is 7.52. The zero-order valence-electron chi connectivity index (χ0n) is 12.8. The molecule has 0 aromatic heterocycles. The fraction of sp³-hybridized carbons (Fsp3) is 0.294. The highest BCUT2D eigenvalue weighted by atomic mass is 28.4. The van der Waals surface area contributed by atoms with Crippen molar-refractivity contribution in [1.82, 2.24) is 0 Å². The van der Waals surface area contributed by atoms with E-state index in [1.54, 1.807) is 21.3 Å². The van der Waals surface area contributed by atoms with Gasteiger partial charge in [0.05, 0.1) is 0 Å². The average molecular weight is 302 g/mol. The highest BCUT2D eigenvalue weighted by Gasteiger charge is 2.41. The zero-order chi connectivity index (χ0) is 15.1. The molecule has 0 radical (unpaired) electrons. The second-order valence-electron chi connectivity index (χ2n) is 4.87. The summed E-state index contributed by atoms with van der Waals surface area (Å²) in [7, 11) is 2.33. The lowest BCUT2D eigenvalue weighted by molar-refractivity contribution is 0.122. The summed E-state index contributed by atoms with van der Waals surface area (Å²) >= 11 is 0. The van der Waals surface area contributed by atoms with Gasteiger partial charge in [-0.25, -0.2) is 0 Å². The van der Waals surface area contributed by atoms with Crippen LogP contribution in [0.15, 0.2) is 60.7 Å². The van der Waals surface area contributed by atoms with Gasteiger partial charge in [-0.3, -0.25) is 0 Å². The van der Waals surface area contributed by atoms with Crippen molar-refractivity contribution in [2.24, 2.45) is 0 Å². The summed E-state index contributed by atoms with van der Waals surface area (Å²) in [4.78, 5) is 0. The van der Waals surface area contributed by atoms with Crippen LogP contribution in [0.25, 0.3) is 0 Å². The molecule has 0 saturated carbocycles. The van der Waals surface area contributed by atoms with Gasteiger partial charge in [0.25, 0.3) is 0 Å². The Bertz CT molecular complexity index is 478. The Morgan fingerprint density at radius 3 is 1.43 bits per heavy atom. The van der Waals surface area contributed by atoms with Crippen LogP contribution in [-0.4, -0.2) is 30.1 Å². The molecule has 0 aliphatic rings. The highest BCUT2D eigenvalue weighted by molar-refractivity contribution is 6.60. The van der Waals surface area contributed by atoms with Gasteiger partial charge in [-0.2, -0.15) is 0 Å². The van der Waals surface area contributed by atoms with Crippen molar-refractivity contribution in [3.8, 4) is 0 Å². The minimum absolute atomic E-state index is 0.193. The molecule has 2 aromatic rings. The second-order valence-corrected chi connectivity index (χ2v) is 7.87. The lowest BCUT2D eigenvalue weighted by Gasteiger charge is -2.29. The first-order chi connectivity index (χ1) is 10.2. The van der Waals surface area contributed by atoms with E-state index in [2.05, 4.69) is 48.5 Å². The Labute approximate surface area is 127 Å². The predicted molar refractivity (Wildman–Crippen MR) is 86.3 cm³/mol. The van der Waals surface area contributed by atoms with Crippen molar-refractivity contribution >= 4 is 8.80 Å². The fourth-order valence-electron chi connectivity index (χ4n) is 2.55. The van der Waals surface area contributed by atoms with Crippen LogP contribution >= 0.6 is 0 Å². The molecule has 2 rings (SSSR count). The van der Waals surface area contributed by atoms with E-state index in [-0.39, 0.29) is 5.92 Å². The quantitative estimate of drug-likeness (QED) is 0.730. The topological polar surface area (TPSA) is 27.7 Å². The van der Waals surface area contributed by atoms with Gasteiger partial charge in [-0.1, -0.05) is 60.7 Å². The van der Waals surface area contributed by atoms with E-state index >= 15 is 0 Å². The van der Waals surface area contributed by atoms with Crippen LogP contribution < -0.4 is 0 Å². The summed E-state index contributed by atoms with van der Waals surface area (Å²) in [5.41, 5.74) is 2.48. The molecule has 0 aliphatic heterocycles. The van der Waals surface area contributed by atoms with E-state index in [4.69, 9.17) is 13.3 Å². The Morgan fingerprint density at radius 2 is 1.10 bits per heavy atom. The van der Waals surface area contributed by atoms with Crippen LogP contribution in [0.1, 0.15) is 17.0 Å². The van der Waals surface area contributed by atoms with E-state index in [9.17, 15) is 0 Å². The lowest BCUT2D eigenvalue weighted by Crippen LogP contribution is -2.44. The van der Waals surface area contributed by atoms with Gasteiger partial charge in [0.15, 0.2) is 0 Å². The molecule has 0 heterocycles. The van der Waals surface area contributed by atoms with Crippen molar-refractivity contribution in [3.63, 3.8) is 0 Å². The molecule has 0 atom stereocenters. The molecule has 0 N–H and O–H groups in total. The van der Waals surface area contributed by atoms with Crippen LogP contribution in [0.5, 0.6) is 0 Å². The molecule has 0 spiro atoms. The summed E-state index contributed by atoms with van der Waals surface area (Å²) in [6.07, 6.45) is 0. The lowest BCUT2D eigenvalue weighted by atomic mass is 9.93. The molecule has 0 unspecified atom stereocenters. The molecule has 0 fully saturated rings. The maximum atomic E-state index is 5.60. The molecule has 2 aromatic carbocycles. The summed E-state index contributed by atoms with van der Waals surface area (Å²) in [5.74, 6) is 0.193. The standard InChI is InChI=1S/C17H22O3Si/c1-18-21(19-2,20-3)14-17(15-10-6-4-7-11-15)16-12-8-5-9-13-16/h4-13,17H,14H2,1-3H3. The van der Waals surface area contributed by atoms with Gasteiger partial charge >= 0.3 is 8.80 Å². The fourth-order valence-corrected chi connectivity index (χ4v) is 4.52. The molecule has 0 saturated heterocycles. The SMILES string of the molecule is CO[Si](CC(c1ccccc1)c1ccccc1)(OC)OC. The molecule has 0 aliphatic carbocycles. The van der Waals surface area contributed by atoms with Crippen molar-refractivity contribution < 1.29 is 13.3 Å². The Balaban J connectivity index is 2.38. The smallest absolute Gasteiger partial charge is 0.377 e. The summed E-state index contributed by atoms with van der Waals surface area (Å²) in [6.45, 7) is 0. The Kier molecular flexibility index (Phi) is 5.70. The predicted octanol–water partition coefficient (Wildman–Crippen LogP) is 3.70. The largest absolute Gasteiger partial charge is 0.501 e. The summed E-state index contributed by atoms with van der Waals surface area (Å²) < 4.78 is 16.8. The van der Waals surface area contributed by atoms with Crippen LogP contribution in [0.2, 0.25) is 6.04 Å². The Hall–Kier alpha value is -1.46. The van der Waals surface area contributed by atoms with E-state index in [0.717, 1.165) is 0 Å². The highest BCUT2D eigenvalue weighted by Crippen LogP contribution is 2.33. The van der Waals surface area contributed by atoms with Crippen molar-refractivity contribution in [1.29, 1.82) is 0 Å². The number of rotatable bonds is 7. The maximum absolute atomic E-state index is 5.60. The molecule has 0 bridgehead atoms. The maximum Gasteiger partial charge on any atom is 0.501 e. The zero-order valence-corrected chi connectivity index (χ0v) is 13.8. The van der Waals surface area contributed by atoms with Crippen LogP contribution in [0.4, 0.5) is 0 Å². The third-order valence-electron chi connectivity index (χ3n) is 3.79. The van der Waals surface area contributed by atoms with E-state index in [0.29, 0.717) is 6.04 Å². The summed E-state index contributed by atoms with van der Waals surface area (Å²) in [6, 6.07) is 21.5. The van der Waals surface area contributed by atoms with Gasteiger partial charge in [0.1, 0.15) is 0 Å². The van der Waals surface area contributed by atoms with Crippen LogP contribution in [0.3, 0.4) is 0 Å². The van der Waals surface area contributed by atoms with Crippen LogP contribution in [-0.2, 0) is 13.3 Å². The average Bonchev–Trinajstić information content (AvgIpc) is 2.58. The third-order valence-corrected chi connectivity index (χ3v) is 6.57. The van der Waals surface area contributed by atoms with Crippen molar-refractivity contribution in [2.75, 3.05) is 21.3 Å². The number of benzene rings is 2. The van der Waals surface area contributed by atoms with Crippen LogP contribution in [0, 0.1) is 0 Å². The number of hydrogen-bond acceptors (Lipinski definition) is 3. The first-order valence-electron chi connectivity index (χ1n) is 7.00. The van der Waals surface area contributed by atoms with Crippen molar-refractivity contribution in [3.05, 3.63) is 71.8 Å². The Morgan fingerprint density at radius 1 is 0.714 bits per heavy atom. The summed E-state index contributed by atoms with van der Waals surface area (Å²) in [5, 5.41) is 0. The molecule has 4 heteroatoms. The van der Waals surface area contributed by atoms with E-state index in [1.165, 1.54) is 11.1 Å². The molecular weight excluding hydrogens is 280 g/mol. The minimum Gasteiger partial charge on any atom is -0.377 e. The van der Waals surface area contributed by atoms with E-state index < -0.39 is 8.80 Å². The third kappa shape index (κ3) is 3.80. The molecule has 0 amide bonds.